The van der Waals surface area contributed by atoms with Crippen LogP contribution in [0.1, 0.15) is 45.4 Å². The molecule has 0 unspecified atom stereocenters. The molecule has 0 radical (unpaired) electrons. The highest BCUT2D eigenvalue weighted by molar-refractivity contribution is 5.68. The van der Waals surface area contributed by atoms with E-state index in [-0.39, 0.29) is 12.1 Å². The Hall–Kier alpha value is -1.63. The van der Waals surface area contributed by atoms with Crippen LogP contribution in [0.4, 0.5) is 4.79 Å². The Morgan fingerprint density at radius 1 is 1.35 bits per heavy atom. The summed E-state index contributed by atoms with van der Waals surface area (Å²) in [4.78, 5) is 14.3. The van der Waals surface area contributed by atoms with E-state index in [0.29, 0.717) is 30.2 Å². The van der Waals surface area contributed by atoms with Crippen molar-refractivity contribution in [2.24, 2.45) is 11.8 Å². The van der Waals surface area contributed by atoms with Crippen molar-refractivity contribution in [1.29, 1.82) is 0 Å². The van der Waals surface area contributed by atoms with E-state index in [2.05, 4.69) is 20.4 Å². The molecule has 2 fully saturated rings. The average molecular weight is 322 g/mol. The molecule has 2 heterocycles. The summed E-state index contributed by atoms with van der Waals surface area (Å²) in [5.41, 5.74) is -0.459. The zero-order valence-electron chi connectivity index (χ0n) is 14.3. The van der Waals surface area contributed by atoms with E-state index >= 15 is 0 Å². The average Bonchev–Trinajstić information content (AvgIpc) is 3.06. The van der Waals surface area contributed by atoms with Gasteiger partial charge >= 0.3 is 6.09 Å². The number of ether oxygens (including phenoxy) is 1. The zero-order valence-corrected chi connectivity index (χ0v) is 14.3. The molecule has 1 aliphatic carbocycles. The first-order valence-electron chi connectivity index (χ1n) is 8.31. The predicted octanol–water partition coefficient (Wildman–Crippen LogP) is 2.11. The Bertz CT molecular complexity index is 566. The van der Waals surface area contributed by atoms with Gasteiger partial charge in [-0.3, -0.25) is 4.90 Å². The monoisotopic (exact) mass is 322 g/mol. The molecular weight excluding hydrogens is 296 g/mol. The molecular formula is C16H26N4O3. The number of likely N-dealkylation sites (tertiary alicyclic amines) is 1. The lowest BCUT2D eigenvalue weighted by Crippen LogP contribution is -2.42. The van der Waals surface area contributed by atoms with Crippen molar-refractivity contribution >= 4 is 6.09 Å². The molecule has 2 aliphatic rings. The highest BCUT2D eigenvalue weighted by Gasteiger charge is 2.43. The number of nitrogens with one attached hydrogen (secondary N) is 1. The lowest BCUT2D eigenvalue weighted by Gasteiger charge is -2.24. The summed E-state index contributed by atoms with van der Waals surface area (Å²) in [5, 5.41) is 11.0. The standard InChI is InChI=1S/C16H26N4O3/c1-10-18-19-14(22-10)9-20-7-11-5-6-13(12(11)8-20)17-15(21)23-16(2,3)4/h11-13H,5-9H2,1-4H3,(H,17,21)/t11-,12+,13-/m0/s1. The summed E-state index contributed by atoms with van der Waals surface area (Å²) in [6.07, 6.45) is 1.86. The Morgan fingerprint density at radius 2 is 2.13 bits per heavy atom. The van der Waals surface area contributed by atoms with Crippen molar-refractivity contribution in [3.63, 3.8) is 0 Å². The summed E-state index contributed by atoms with van der Waals surface area (Å²) < 4.78 is 10.8. The Labute approximate surface area is 136 Å². The molecule has 128 valence electrons. The number of aromatic nitrogens is 2. The van der Waals surface area contributed by atoms with E-state index < -0.39 is 5.60 Å². The number of fused-ring (bicyclic) bond motifs is 1. The van der Waals surface area contributed by atoms with E-state index in [1.807, 2.05) is 20.8 Å². The molecule has 1 aromatic heterocycles. The minimum Gasteiger partial charge on any atom is -0.444 e. The van der Waals surface area contributed by atoms with Gasteiger partial charge in [-0.2, -0.15) is 0 Å². The van der Waals surface area contributed by atoms with Crippen LogP contribution < -0.4 is 5.32 Å². The molecule has 1 saturated carbocycles. The van der Waals surface area contributed by atoms with Gasteiger partial charge in [0.1, 0.15) is 5.60 Å². The fourth-order valence-electron chi connectivity index (χ4n) is 3.72. The first-order chi connectivity index (χ1) is 10.8. The van der Waals surface area contributed by atoms with Crippen LogP contribution in [0.25, 0.3) is 0 Å². The highest BCUT2D eigenvalue weighted by atomic mass is 16.6. The minimum absolute atomic E-state index is 0.198. The first-order valence-corrected chi connectivity index (χ1v) is 8.31. The van der Waals surface area contributed by atoms with Crippen LogP contribution >= 0.6 is 0 Å². The summed E-state index contributed by atoms with van der Waals surface area (Å²) in [6, 6.07) is 0.198. The lowest BCUT2D eigenvalue weighted by atomic mass is 9.98. The Balaban J connectivity index is 1.53. The molecule has 1 aromatic rings. The van der Waals surface area contributed by atoms with Gasteiger partial charge in [0.25, 0.3) is 0 Å². The van der Waals surface area contributed by atoms with Gasteiger partial charge in [-0.25, -0.2) is 4.79 Å². The topological polar surface area (TPSA) is 80.5 Å². The molecule has 3 atom stereocenters. The van der Waals surface area contributed by atoms with Crippen LogP contribution in [-0.2, 0) is 11.3 Å². The van der Waals surface area contributed by atoms with Crippen LogP contribution in [0.15, 0.2) is 4.42 Å². The second-order valence-corrected chi connectivity index (χ2v) is 7.66. The summed E-state index contributed by atoms with van der Waals surface area (Å²) >= 11 is 0. The van der Waals surface area contributed by atoms with Crippen molar-refractivity contribution < 1.29 is 13.9 Å². The largest absolute Gasteiger partial charge is 0.444 e. The maximum atomic E-state index is 12.0. The molecule has 1 aliphatic heterocycles. The number of nitrogens with zero attached hydrogens (tertiary/aromatic N) is 3. The van der Waals surface area contributed by atoms with E-state index in [1.54, 1.807) is 6.92 Å². The van der Waals surface area contributed by atoms with Crippen molar-refractivity contribution in [3.05, 3.63) is 11.8 Å². The van der Waals surface area contributed by atoms with Crippen LogP contribution in [-0.4, -0.2) is 45.9 Å². The number of alkyl carbamates (subject to hydrolysis) is 1. The van der Waals surface area contributed by atoms with E-state index in [0.717, 1.165) is 25.9 Å². The smallest absolute Gasteiger partial charge is 0.407 e. The summed E-state index contributed by atoms with van der Waals surface area (Å²) in [6.45, 7) is 10.1. The fraction of sp³-hybridized carbons (Fsp3) is 0.812. The fourth-order valence-corrected chi connectivity index (χ4v) is 3.72. The normalized spacial score (nSPS) is 27.9. The molecule has 7 heteroatoms. The Kier molecular flexibility index (Phi) is 4.31. The van der Waals surface area contributed by atoms with Crippen molar-refractivity contribution in [2.75, 3.05) is 13.1 Å². The molecule has 3 rings (SSSR count). The molecule has 0 bridgehead atoms. The van der Waals surface area contributed by atoms with Gasteiger partial charge in [-0.05, 0) is 45.4 Å². The number of carbonyl (C=O) groups excluding carboxylic acids is 1. The van der Waals surface area contributed by atoms with E-state index in [4.69, 9.17) is 9.15 Å². The molecule has 0 spiro atoms. The third kappa shape index (κ3) is 4.02. The molecule has 23 heavy (non-hydrogen) atoms. The zero-order chi connectivity index (χ0) is 16.6. The lowest BCUT2D eigenvalue weighted by molar-refractivity contribution is 0.0491. The van der Waals surface area contributed by atoms with Gasteiger partial charge in [-0.1, -0.05) is 0 Å². The van der Waals surface area contributed by atoms with Crippen molar-refractivity contribution in [1.82, 2.24) is 20.4 Å². The minimum atomic E-state index is -0.459. The molecule has 1 saturated heterocycles. The third-order valence-electron chi connectivity index (χ3n) is 4.56. The Morgan fingerprint density at radius 3 is 2.78 bits per heavy atom. The molecule has 1 N–H and O–H groups in total. The molecule has 1 amide bonds. The second-order valence-electron chi connectivity index (χ2n) is 7.66. The number of carbonyl (C=O) groups is 1. The summed E-state index contributed by atoms with van der Waals surface area (Å²) in [5.74, 6) is 2.37. The number of hydrogen-bond acceptors (Lipinski definition) is 6. The maximum Gasteiger partial charge on any atom is 0.407 e. The van der Waals surface area contributed by atoms with Crippen LogP contribution in [0.3, 0.4) is 0 Å². The van der Waals surface area contributed by atoms with E-state index in [9.17, 15) is 4.79 Å². The van der Waals surface area contributed by atoms with Gasteiger partial charge in [-0.15, -0.1) is 10.2 Å². The van der Waals surface area contributed by atoms with Crippen LogP contribution in [0, 0.1) is 18.8 Å². The van der Waals surface area contributed by atoms with E-state index in [1.165, 1.54) is 0 Å². The number of amides is 1. The molecule has 0 aromatic carbocycles. The number of aryl methyl sites for hydroxylation is 1. The van der Waals surface area contributed by atoms with Gasteiger partial charge in [0.2, 0.25) is 11.8 Å². The van der Waals surface area contributed by atoms with Gasteiger partial charge in [0.15, 0.2) is 0 Å². The molecule has 7 nitrogen and oxygen atoms in total. The van der Waals surface area contributed by atoms with Gasteiger partial charge in [0.05, 0.1) is 6.54 Å². The summed E-state index contributed by atoms with van der Waals surface area (Å²) in [7, 11) is 0. The van der Waals surface area contributed by atoms with Crippen LogP contribution in [0.5, 0.6) is 0 Å². The predicted molar refractivity (Wildman–Crippen MR) is 83.7 cm³/mol. The number of rotatable bonds is 3. The van der Waals surface area contributed by atoms with Gasteiger partial charge in [0, 0.05) is 26.1 Å². The third-order valence-corrected chi connectivity index (χ3v) is 4.56. The van der Waals surface area contributed by atoms with Crippen LogP contribution in [0.2, 0.25) is 0 Å². The SMILES string of the molecule is Cc1nnc(CN2C[C@@H]3CC[C@H](NC(=O)OC(C)(C)C)[C@@H]3C2)o1. The highest BCUT2D eigenvalue weighted by Crippen LogP contribution is 2.38. The number of hydrogen-bond donors (Lipinski definition) is 1. The van der Waals surface area contributed by atoms with Gasteiger partial charge < -0.3 is 14.5 Å². The van der Waals surface area contributed by atoms with Crippen molar-refractivity contribution in [2.45, 2.75) is 58.7 Å². The van der Waals surface area contributed by atoms with Crippen molar-refractivity contribution in [3.8, 4) is 0 Å². The quantitative estimate of drug-likeness (QED) is 0.918. The second kappa shape index (κ2) is 6.11. The maximum absolute atomic E-state index is 12.0. The first kappa shape index (κ1) is 16.2.